The van der Waals surface area contributed by atoms with Crippen molar-refractivity contribution in [2.45, 2.75) is 18.9 Å². The zero-order chi connectivity index (χ0) is 20.5. The van der Waals surface area contributed by atoms with Crippen molar-refractivity contribution in [1.29, 1.82) is 0 Å². The van der Waals surface area contributed by atoms with Crippen LogP contribution in [-0.4, -0.2) is 59.1 Å². The number of carbonyl (C=O) groups excluding carboxylic acids is 3. The van der Waals surface area contributed by atoms with Crippen molar-refractivity contribution in [2.75, 3.05) is 24.5 Å². The number of nitrogens with zero attached hydrogens (tertiary/aromatic N) is 2. The molecule has 3 aliphatic rings. The monoisotopic (exact) mass is 430 g/mol. The SMILES string of the molecule is O=C1CN(CC(=O)N2CCC[C@H]2C(=O)O)c2ccccc2C(=O)C1=C1SC=CS1. The molecule has 3 aliphatic heterocycles. The Morgan fingerprint density at radius 2 is 1.86 bits per heavy atom. The number of hydrogen-bond acceptors (Lipinski definition) is 7. The van der Waals surface area contributed by atoms with Crippen LogP contribution in [0.3, 0.4) is 0 Å². The van der Waals surface area contributed by atoms with E-state index in [1.807, 2.05) is 10.8 Å². The van der Waals surface area contributed by atoms with Crippen LogP contribution in [-0.2, 0) is 14.4 Å². The molecule has 3 heterocycles. The molecule has 0 bridgehead atoms. The minimum absolute atomic E-state index is 0.111. The molecule has 1 N–H and O–H groups in total. The van der Waals surface area contributed by atoms with Crippen LogP contribution in [0.4, 0.5) is 5.69 Å². The maximum atomic E-state index is 13.1. The Bertz CT molecular complexity index is 961. The third-order valence-electron chi connectivity index (χ3n) is 5.12. The van der Waals surface area contributed by atoms with E-state index >= 15 is 0 Å². The average molecular weight is 431 g/mol. The normalized spacial score (nSPS) is 21.6. The number of fused-ring (bicyclic) bond motifs is 1. The van der Waals surface area contributed by atoms with Crippen molar-refractivity contribution in [2.24, 2.45) is 0 Å². The standard InChI is InChI=1S/C20H18N2O5S2/c23-15-10-21(11-16(24)22-7-3-6-14(22)19(26)27)13-5-2-1-4-12(13)18(25)17(15)20-28-8-9-29-20/h1-2,4-5,8-9,14H,3,6-7,10-11H2,(H,26,27)/t14-/m0/s1. The van der Waals surface area contributed by atoms with Gasteiger partial charge in [-0.05, 0) is 35.8 Å². The van der Waals surface area contributed by atoms with Gasteiger partial charge in [0.1, 0.15) is 6.04 Å². The number of benzene rings is 1. The predicted octanol–water partition coefficient (Wildman–Crippen LogP) is 2.50. The number of thioether (sulfide) groups is 2. The Balaban J connectivity index is 1.66. The molecule has 7 nitrogen and oxygen atoms in total. The zero-order valence-corrected chi connectivity index (χ0v) is 17.0. The van der Waals surface area contributed by atoms with Crippen LogP contribution in [0, 0.1) is 0 Å². The number of hydrogen-bond donors (Lipinski definition) is 1. The summed E-state index contributed by atoms with van der Waals surface area (Å²) in [5.41, 5.74) is 1.04. The number of amides is 1. The summed E-state index contributed by atoms with van der Waals surface area (Å²) in [5, 5.41) is 13.0. The van der Waals surface area contributed by atoms with Crippen molar-refractivity contribution in [1.82, 2.24) is 4.90 Å². The molecule has 9 heteroatoms. The summed E-state index contributed by atoms with van der Waals surface area (Å²) in [4.78, 5) is 53.3. The van der Waals surface area contributed by atoms with Gasteiger partial charge in [0.05, 0.1) is 22.9 Å². The second-order valence-electron chi connectivity index (χ2n) is 6.88. The number of Topliss-reactive ketones (excluding diaryl/α,β-unsaturated/α-hetero) is 2. The Labute approximate surface area is 175 Å². The van der Waals surface area contributed by atoms with Gasteiger partial charge in [0.2, 0.25) is 5.91 Å². The first-order chi connectivity index (χ1) is 14.0. The molecule has 1 aromatic rings. The maximum Gasteiger partial charge on any atom is 0.326 e. The summed E-state index contributed by atoms with van der Waals surface area (Å²) < 4.78 is 0.647. The summed E-state index contributed by atoms with van der Waals surface area (Å²) in [6.45, 7) is 0.118. The molecular weight excluding hydrogens is 412 g/mol. The molecule has 0 aliphatic carbocycles. The third-order valence-corrected chi connectivity index (χ3v) is 7.25. The van der Waals surface area contributed by atoms with Crippen LogP contribution >= 0.6 is 23.5 Å². The van der Waals surface area contributed by atoms with Crippen molar-refractivity contribution in [3.05, 3.63) is 50.5 Å². The third kappa shape index (κ3) is 3.72. The largest absolute Gasteiger partial charge is 0.480 e. The minimum Gasteiger partial charge on any atom is -0.480 e. The summed E-state index contributed by atoms with van der Waals surface area (Å²) in [7, 11) is 0. The summed E-state index contributed by atoms with van der Waals surface area (Å²) >= 11 is 2.68. The van der Waals surface area contributed by atoms with Crippen LogP contribution < -0.4 is 4.90 Å². The first-order valence-electron chi connectivity index (χ1n) is 9.14. The van der Waals surface area contributed by atoms with E-state index in [4.69, 9.17) is 0 Å². The summed E-state index contributed by atoms with van der Waals surface area (Å²) in [5.74, 6) is -2.06. The van der Waals surface area contributed by atoms with Gasteiger partial charge in [0.25, 0.3) is 0 Å². The van der Waals surface area contributed by atoms with Gasteiger partial charge in [-0.2, -0.15) is 0 Å². The Morgan fingerprint density at radius 3 is 2.59 bits per heavy atom. The lowest BCUT2D eigenvalue weighted by atomic mass is 10.0. The second-order valence-corrected chi connectivity index (χ2v) is 8.97. The quantitative estimate of drug-likeness (QED) is 0.577. The van der Waals surface area contributed by atoms with Crippen LogP contribution in [0.25, 0.3) is 0 Å². The Kier molecular flexibility index (Phi) is 5.51. The second kappa shape index (κ2) is 8.08. The topological polar surface area (TPSA) is 95.0 Å². The van der Waals surface area contributed by atoms with Crippen molar-refractivity contribution >= 4 is 52.7 Å². The number of anilines is 1. The number of carbonyl (C=O) groups is 4. The van der Waals surface area contributed by atoms with E-state index in [9.17, 15) is 24.3 Å². The fourth-order valence-electron chi connectivity index (χ4n) is 3.79. The van der Waals surface area contributed by atoms with Crippen molar-refractivity contribution in [3.63, 3.8) is 0 Å². The number of likely N-dealkylation sites (tertiary alicyclic amines) is 1. The molecule has 0 radical (unpaired) electrons. The Hall–Kier alpha value is -2.52. The van der Waals surface area contributed by atoms with Crippen LogP contribution in [0.1, 0.15) is 23.2 Å². The van der Waals surface area contributed by atoms with Gasteiger partial charge in [-0.15, -0.1) is 0 Å². The van der Waals surface area contributed by atoms with Crippen LogP contribution in [0.2, 0.25) is 0 Å². The highest BCUT2D eigenvalue weighted by atomic mass is 32.2. The first kappa shape index (κ1) is 19.8. The van der Waals surface area contributed by atoms with E-state index in [2.05, 4.69) is 0 Å². The highest BCUT2D eigenvalue weighted by Gasteiger charge is 2.37. The molecule has 1 amide bonds. The molecule has 0 saturated carbocycles. The van der Waals surface area contributed by atoms with Crippen LogP contribution in [0.15, 0.2) is 44.9 Å². The first-order valence-corrected chi connectivity index (χ1v) is 10.9. The lowest BCUT2D eigenvalue weighted by molar-refractivity contribution is -0.147. The van der Waals surface area contributed by atoms with Gasteiger partial charge >= 0.3 is 5.97 Å². The lowest BCUT2D eigenvalue weighted by Crippen LogP contribution is -2.46. The van der Waals surface area contributed by atoms with E-state index in [0.29, 0.717) is 34.9 Å². The highest BCUT2D eigenvalue weighted by Crippen LogP contribution is 2.42. The molecule has 1 aromatic carbocycles. The number of carboxylic acid groups (broad SMARTS) is 1. The summed E-state index contributed by atoms with van der Waals surface area (Å²) in [6, 6.07) is 6.01. The van der Waals surface area contributed by atoms with Crippen molar-refractivity contribution < 1.29 is 24.3 Å². The minimum atomic E-state index is -1.02. The van der Waals surface area contributed by atoms with Crippen LogP contribution in [0.5, 0.6) is 0 Å². The molecule has 29 heavy (non-hydrogen) atoms. The van der Waals surface area contributed by atoms with Gasteiger partial charge in [0, 0.05) is 17.8 Å². The molecule has 0 spiro atoms. The van der Waals surface area contributed by atoms with Crippen molar-refractivity contribution in [3.8, 4) is 0 Å². The molecule has 1 saturated heterocycles. The number of aliphatic carboxylic acids is 1. The molecule has 0 aromatic heterocycles. The molecular formula is C20H18N2O5S2. The molecule has 1 atom stereocenters. The molecule has 1 fully saturated rings. The van der Waals surface area contributed by atoms with E-state index in [0.717, 1.165) is 0 Å². The molecule has 150 valence electrons. The Morgan fingerprint density at radius 1 is 1.14 bits per heavy atom. The van der Waals surface area contributed by atoms with Gasteiger partial charge in [-0.3, -0.25) is 14.4 Å². The van der Waals surface area contributed by atoms with E-state index in [1.54, 1.807) is 29.2 Å². The smallest absolute Gasteiger partial charge is 0.326 e. The zero-order valence-electron chi connectivity index (χ0n) is 15.4. The average Bonchev–Trinajstić information content (AvgIpc) is 3.38. The van der Waals surface area contributed by atoms with E-state index in [1.165, 1.54) is 28.4 Å². The van der Waals surface area contributed by atoms with Gasteiger partial charge in [-0.25, -0.2) is 4.79 Å². The van der Waals surface area contributed by atoms with Gasteiger partial charge in [0.15, 0.2) is 11.6 Å². The fraction of sp³-hybridized carbons (Fsp3) is 0.300. The van der Waals surface area contributed by atoms with E-state index < -0.39 is 12.0 Å². The number of rotatable bonds is 3. The number of para-hydroxylation sites is 1. The van der Waals surface area contributed by atoms with Gasteiger partial charge in [-0.1, -0.05) is 35.7 Å². The highest BCUT2D eigenvalue weighted by molar-refractivity contribution is 8.27. The van der Waals surface area contributed by atoms with Gasteiger partial charge < -0.3 is 14.9 Å². The maximum absolute atomic E-state index is 13.1. The molecule has 0 unspecified atom stereocenters. The molecule has 4 rings (SSSR count). The fourth-order valence-corrected chi connectivity index (χ4v) is 5.68. The van der Waals surface area contributed by atoms with E-state index in [-0.39, 0.29) is 36.1 Å². The number of carboxylic acids is 1. The predicted molar refractivity (Wildman–Crippen MR) is 112 cm³/mol. The number of ketones is 2. The lowest BCUT2D eigenvalue weighted by Gasteiger charge is -2.27. The summed E-state index contributed by atoms with van der Waals surface area (Å²) in [6.07, 6.45) is 1.06.